The zero-order valence-corrected chi connectivity index (χ0v) is 15.2. The van der Waals surface area contributed by atoms with Crippen LogP contribution in [0.2, 0.25) is 0 Å². The Morgan fingerprint density at radius 1 is 1.00 bits per heavy atom. The van der Waals surface area contributed by atoms with E-state index in [-0.39, 0.29) is 23.4 Å². The molecule has 0 bridgehead atoms. The van der Waals surface area contributed by atoms with Gasteiger partial charge in [0.1, 0.15) is 5.56 Å². The number of benzene rings is 2. The number of hydrogen-bond acceptors (Lipinski definition) is 4. The van der Waals surface area contributed by atoms with E-state index in [1.54, 1.807) is 38.1 Å². The lowest BCUT2D eigenvalue weighted by Gasteiger charge is -2.14. The molecule has 7 heteroatoms. The van der Waals surface area contributed by atoms with E-state index in [0.29, 0.717) is 17.1 Å². The van der Waals surface area contributed by atoms with Crippen molar-refractivity contribution in [1.82, 2.24) is 9.97 Å². The highest BCUT2D eigenvalue weighted by atomic mass is 19.4. The summed E-state index contributed by atoms with van der Waals surface area (Å²) >= 11 is 0. The summed E-state index contributed by atoms with van der Waals surface area (Å²) in [6, 6.07) is 13.7. The van der Waals surface area contributed by atoms with E-state index >= 15 is 0 Å². The third-order valence-corrected chi connectivity index (χ3v) is 4.06. The lowest BCUT2D eigenvalue weighted by atomic mass is 10.0. The second-order valence-corrected chi connectivity index (χ2v) is 6.02. The summed E-state index contributed by atoms with van der Waals surface area (Å²) in [6.45, 7) is 3.38. The van der Waals surface area contributed by atoms with Gasteiger partial charge in [0.2, 0.25) is 0 Å². The average Bonchev–Trinajstić information content (AvgIpc) is 2.67. The topological polar surface area (TPSA) is 52.1 Å². The van der Waals surface area contributed by atoms with Crippen LogP contribution in [0.3, 0.4) is 0 Å². The van der Waals surface area contributed by atoms with Crippen LogP contribution in [-0.4, -0.2) is 22.5 Å². The number of nitrogens with zero attached hydrogens (tertiary/aromatic N) is 2. The van der Waals surface area contributed by atoms with E-state index in [4.69, 9.17) is 4.74 Å². The molecule has 0 spiro atoms. The van der Waals surface area contributed by atoms with Gasteiger partial charge in [-0.1, -0.05) is 42.5 Å². The number of ether oxygens (including phenoxy) is 1. The second kappa shape index (κ2) is 7.80. The maximum atomic E-state index is 13.2. The van der Waals surface area contributed by atoms with Crippen LogP contribution in [0.1, 0.15) is 28.5 Å². The normalized spacial score (nSPS) is 11.3. The van der Waals surface area contributed by atoms with Gasteiger partial charge < -0.3 is 4.74 Å². The summed E-state index contributed by atoms with van der Waals surface area (Å²) in [4.78, 5) is 21.3. The fraction of sp³-hybridized carbons (Fsp3) is 0.190. The Balaban J connectivity index is 2.25. The van der Waals surface area contributed by atoms with Crippen LogP contribution in [0.15, 0.2) is 54.6 Å². The zero-order valence-electron chi connectivity index (χ0n) is 15.2. The number of carbonyl (C=O) groups is 1. The van der Waals surface area contributed by atoms with Crippen LogP contribution in [0.4, 0.5) is 13.2 Å². The van der Waals surface area contributed by atoms with Crippen LogP contribution in [0, 0.1) is 6.92 Å². The number of hydrogen-bond donors (Lipinski definition) is 0. The van der Waals surface area contributed by atoms with Crippen molar-refractivity contribution in [2.24, 2.45) is 0 Å². The van der Waals surface area contributed by atoms with Crippen molar-refractivity contribution in [3.05, 3.63) is 71.4 Å². The van der Waals surface area contributed by atoms with E-state index < -0.39 is 17.7 Å². The first-order valence-electron chi connectivity index (χ1n) is 8.60. The number of rotatable bonds is 4. The molecular formula is C21H17F3N2O2. The number of halogens is 3. The molecule has 3 rings (SSSR count). The minimum atomic E-state index is -4.51. The van der Waals surface area contributed by atoms with Gasteiger partial charge in [-0.2, -0.15) is 13.2 Å². The summed E-state index contributed by atoms with van der Waals surface area (Å²) in [6.07, 6.45) is -4.51. The molecule has 0 N–H and O–H groups in total. The third kappa shape index (κ3) is 4.03. The molecule has 4 nitrogen and oxygen atoms in total. The monoisotopic (exact) mass is 386 g/mol. The third-order valence-electron chi connectivity index (χ3n) is 4.06. The molecule has 1 aromatic heterocycles. The smallest absolute Gasteiger partial charge is 0.416 e. The van der Waals surface area contributed by atoms with Crippen molar-refractivity contribution in [2.45, 2.75) is 20.0 Å². The summed E-state index contributed by atoms with van der Waals surface area (Å²) in [5, 5.41) is 0. The lowest BCUT2D eigenvalue weighted by molar-refractivity contribution is -0.137. The van der Waals surface area contributed by atoms with Gasteiger partial charge in [-0.3, -0.25) is 0 Å². The van der Waals surface area contributed by atoms with Crippen LogP contribution in [0.25, 0.3) is 22.6 Å². The molecule has 0 amide bonds. The van der Waals surface area contributed by atoms with Gasteiger partial charge in [0.15, 0.2) is 5.82 Å². The standard InChI is InChI=1S/C21H17F3N2O2/c1-3-28-20(27)17-13(2)25-19(14-8-5-4-6-9-14)26-18(17)15-10-7-11-16(12-15)21(22,23)24/h4-12H,3H2,1-2H3. The number of aryl methyl sites for hydroxylation is 1. The molecule has 28 heavy (non-hydrogen) atoms. The molecule has 0 atom stereocenters. The first-order chi connectivity index (χ1) is 13.3. The van der Waals surface area contributed by atoms with Gasteiger partial charge in [0, 0.05) is 11.1 Å². The lowest BCUT2D eigenvalue weighted by Crippen LogP contribution is -2.13. The van der Waals surface area contributed by atoms with Gasteiger partial charge in [0.25, 0.3) is 0 Å². The van der Waals surface area contributed by atoms with Crippen molar-refractivity contribution in [3.8, 4) is 22.6 Å². The van der Waals surface area contributed by atoms with Crippen molar-refractivity contribution < 1.29 is 22.7 Å². The fourth-order valence-corrected chi connectivity index (χ4v) is 2.79. The van der Waals surface area contributed by atoms with E-state index in [1.165, 1.54) is 12.1 Å². The number of aromatic nitrogens is 2. The van der Waals surface area contributed by atoms with Gasteiger partial charge >= 0.3 is 12.1 Å². The number of esters is 1. The first kappa shape index (κ1) is 19.5. The van der Waals surface area contributed by atoms with Crippen molar-refractivity contribution in [3.63, 3.8) is 0 Å². The minimum absolute atomic E-state index is 0.0563. The molecule has 3 aromatic rings. The molecule has 0 aliphatic rings. The molecule has 0 unspecified atom stereocenters. The van der Waals surface area contributed by atoms with Crippen molar-refractivity contribution in [2.75, 3.05) is 6.61 Å². The first-order valence-corrected chi connectivity index (χ1v) is 8.60. The predicted molar refractivity (Wildman–Crippen MR) is 98.6 cm³/mol. The summed E-state index contributed by atoms with van der Waals surface area (Å²) in [5.41, 5.74) is 0.531. The molecular weight excluding hydrogens is 369 g/mol. The van der Waals surface area contributed by atoms with Crippen LogP contribution in [-0.2, 0) is 10.9 Å². The highest BCUT2D eigenvalue weighted by molar-refractivity contribution is 5.97. The second-order valence-electron chi connectivity index (χ2n) is 6.02. The molecule has 0 fully saturated rings. The molecule has 0 aliphatic heterocycles. The predicted octanol–water partition coefficient (Wildman–Crippen LogP) is 5.31. The molecule has 0 saturated heterocycles. The Morgan fingerprint density at radius 2 is 1.68 bits per heavy atom. The summed E-state index contributed by atoms with van der Waals surface area (Å²) in [5.74, 6) is -0.356. The molecule has 2 aromatic carbocycles. The quantitative estimate of drug-likeness (QED) is 0.570. The summed E-state index contributed by atoms with van der Waals surface area (Å²) < 4.78 is 44.6. The van der Waals surface area contributed by atoms with Gasteiger partial charge in [-0.15, -0.1) is 0 Å². The van der Waals surface area contributed by atoms with Crippen LogP contribution < -0.4 is 0 Å². The van der Waals surface area contributed by atoms with E-state index in [9.17, 15) is 18.0 Å². The molecule has 1 heterocycles. The highest BCUT2D eigenvalue weighted by Crippen LogP contribution is 2.34. The minimum Gasteiger partial charge on any atom is -0.462 e. The molecule has 0 saturated carbocycles. The Bertz CT molecular complexity index is 1000. The van der Waals surface area contributed by atoms with Crippen LogP contribution in [0.5, 0.6) is 0 Å². The van der Waals surface area contributed by atoms with Gasteiger partial charge in [-0.25, -0.2) is 14.8 Å². The maximum Gasteiger partial charge on any atom is 0.416 e. The van der Waals surface area contributed by atoms with Gasteiger partial charge in [0.05, 0.1) is 23.6 Å². The van der Waals surface area contributed by atoms with E-state index in [0.717, 1.165) is 12.1 Å². The van der Waals surface area contributed by atoms with E-state index in [1.807, 2.05) is 6.07 Å². The van der Waals surface area contributed by atoms with Crippen LogP contribution >= 0.6 is 0 Å². The molecule has 0 aliphatic carbocycles. The number of alkyl halides is 3. The summed E-state index contributed by atoms with van der Waals surface area (Å²) in [7, 11) is 0. The molecule has 144 valence electrons. The Morgan fingerprint density at radius 3 is 2.32 bits per heavy atom. The largest absolute Gasteiger partial charge is 0.462 e. The average molecular weight is 386 g/mol. The highest BCUT2D eigenvalue weighted by Gasteiger charge is 2.31. The fourth-order valence-electron chi connectivity index (χ4n) is 2.79. The Kier molecular flexibility index (Phi) is 5.44. The Hall–Kier alpha value is -3.22. The van der Waals surface area contributed by atoms with Crippen molar-refractivity contribution >= 4 is 5.97 Å². The SMILES string of the molecule is CCOC(=O)c1c(C)nc(-c2ccccc2)nc1-c1cccc(C(F)(F)F)c1. The number of carbonyl (C=O) groups excluding carboxylic acids is 1. The molecule has 0 radical (unpaired) electrons. The zero-order chi connectivity index (χ0) is 20.3. The van der Waals surface area contributed by atoms with E-state index in [2.05, 4.69) is 9.97 Å². The van der Waals surface area contributed by atoms with Gasteiger partial charge in [-0.05, 0) is 26.0 Å². The van der Waals surface area contributed by atoms with Crippen molar-refractivity contribution in [1.29, 1.82) is 0 Å². The Labute approximate surface area is 160 Å². The maximum absolute atomic E-state index is 13.2.